The summed E-state index contributed by atoms with van der Waals surface area (Å²) in [6.07, 6.45) is 4.29. The number of hydrogen-bond acceptors (Lipinski definition) is 9. The molecule has 6 rings (SSSR count). The second-order valence-electron chi connectivity index (χ2n) is 14.2. The van der Waals surface area contributed by atoms with Crippen molar-refractivity contribution in [2.75, 3.05) is 25.1 Å². The second kappa shape index (κ2) is 12.4. The average molecular weight is 664 g/mol. The van der Waals surface area contributed by atoms with Gasteiger partial charge in [-0.05, 0) is 77.0 Å². The SMILES string of the molecule is CNC[C@H](COc1ccc(Cl)c(-c2nc(-c3c(C)noc3C)c(C)c(N3Cc4cnn(C5CC5)c4C3)n2)c1)O[Si](C)(C)C(C)(C)C. The van der Waals surface area contributed by atoms with Crippen molar-refractivity contribution in [1.82, 2.24) is 30.2 Å². The van der Waals surface area contributed by atoms with E-state index < -0.39 is 8.32 Å². The van der Waals surface area contributed by atoms with Crippen LogP contribution < -0.4 is 15.0 Å². The molecule has 0 saturated heterocycles. The Morgan fingerprint density at radius 3 is 2.54 bits per heavy atom. The third-order valence-corrected chi connectivity index (χ3v) is 14.4. The van der Waals surface area contributed by atoms with Crippen molar-refractivity contribution in [2.45, 2.75) is 97.8 Å². The number of nitrogens with zero attached hydrogens (tertiary/aromatic N) is 6. The lowest BCUT2D eigenvalue weighted by atomic mass is 10.0. The molecule has 4 aromatic rings. The number of nitrogens with one attached hydrogen (secondary N) is 1. The minimum Gasteiger partial charge on any atom is -0.491 e. The quantitative estimate of drug-likeness (QED) is 0.164. The Morgan fingerprint density at radius 2 is 1.89 bits per heavy atom. The zero-order valence-electron chi connectivity index (χ0n) is 28.5. The number of anilines is 1. The highest BCUT2D eigenvalue weighted by atomic mass is 35.5. The van der Waals surface area contributed by atoms with Gasteiger partial charge >= 0.3 is 0 Å². The molecule has 4 heterocycles. The summed E-state index contributed by atoms with van der Waals surface area (Å²) >= 11 is 6.87. The molecule has 2 aliphatic rings. The summed E-state index contributed by atoms with van der Waals surface area (Å²) in [6, 6.07) is 6.19. The topological polar surface area (TPSA) is 103 Å². The van der Waals surface area contributed by atoms with Crippen LogP contribution >= 0.6 is 11.6 Å². The maximum atomic E-state index is 6.87. The molecule has 12 heteroatoms. The summed E-state index contributed by atoms with van der Waals surface area (Å²) in [5.41, 5.74) is 6.63. The molecule has 1 aromatic carbocycles. The molecule has 1 saturated carbocycles. The van der Waals surface area contributed by atoms with Crippen LogP contribution in [0.4, 0.5) is 5.82 Å². The number of rotatable bonds is 11. The molecule has 10 nitrogen and oxygen atoms in total. The average Bonchev–Trinajstić information content (AvgIpc) is 3.49. The molecule has 246 valence electrons. The van der Waals surface area contributed by atoms with E-state index in [4.69, 9.17) is 35.3 Å². The van der Waals surface area contributed by atoms with E-state index in [1.807, 2.05) is 45.3 Å². The Morgan fingerprint density at radius 1 is 1.13 bits per heavy atom. The zero-order valence-corrected chi connectivity index (χ0v) is 30.2. The van der Waals surface area contributed by atoms with Gasteiger partial charge in [-0.1, -0.05) is 37.5 Å². The van der Waals surface area contributed by atoms with Gasteiger partial charge in [0.1, 0.15) is 23.9 Å². The van der Waals surface area contributed by atoms with Crippen LogP contribution in [0.5, 0.6) is 5.75 Å². The first-order chi connectivity index (χ1) is 21.8. The zero-order chi connectivity index (χ0) is 33.0. The molecule has 1 atom stereocenters. The van der Waals surface area contributed by atoms with Gasteiger partial charge in [-0.3, -0.25) is 4.68 Å². The van der Waals surface area contributed by atoms with Gasteiger partial charge in [-0.2, -0.15) is 5.10 Å². The number of fused-ring (bicyclic) bond motifs is 1. The highest BCUT2D eigenvalue weighted by Crippen LogP contribution is 2.42. The van der Waals surface area contributed by atoms with Gasteiger partial charge in [0.05, 0.1) is 52.6 Å². The normalized spacial score (nSPS) is 15.8. The summed E-state index contributed by atoms with van der Waals surface area (Å²) in [5.74, 6) is 2.78. The Hall–Kier alpha value is -3.25. The van der Waals surface area contributed by atoms with Gasteiger partial charge in [0.2, 0.25) is 0 Å². The van der Waals surface area contributed by atoms with E-state index in [9.17, 15) is 0 Å². The van der Waals surface area contributed by atoms with Gasteiger partial charge in [-0.15, -0.1) is 0 Å². The van der Waals surface area contributed by atoms with Gasteiger partial charge in [0, 0.05) is 29.8 Å². The number of ether oxygens (including phenoxy) is 1. The van der Waals surface area contributed by atoms with Crippen molar-refractivity contribution in [3.05, 3.63) is 57.7 Å². The van der Waals surface area contributed by atoms with Gasteiger partial charge < -0.3 is 23.9 Å². The van der Waals surface area contributed by atoms with E-state index in [1.54, 1.807) is 0 Å². The fraction of sp³-hybridized carbons (Fsp3) is 0.529. The van der Waals surface area contributed by atoms with Crippen molar-refractivity contribution in [2.24, 2.45) is 0 Å². The molecule has 1 aliphatic carbocycles. The van der Waals surface area contributed by atoms with Crippen LogP contribution in [0.15, 0.2) is 28.9 Å². The van der Waals surface area contributed by atoms with Crippen LogP contribution in [0.25, 0.3) is 22.6 Å². The molecule has 3 aromatic heterocycles. The number of aryl methyl sites for hydroxylation is 2. The second-order valence-corrected chi connectivity index (χ2v) is 19.4. The fourth-order valence-corrected chi connectivity index (χ4v) is 7.40. The Balaban J connectivity index is 1.35. The number of likely N-dealkylation sites (N-methyl/N-ethyl adjacent to an activating group) is 1. The number of halogens is 1. The van der Waals surface area contributed by atoms with Crippen molar-refractivity contribution < 1.29 is 13.7 Å². The lowest BCUT2D eigenvalue weighted by molar-refractivity contribution is 0.115. The third kappa shape index (κ3) is 6.34. The molecule has 0 bridgehead atoms. The van der Waals surface area contributed by atoms with Crippen LogP contribution in [0.1, 0.15) is 67.9 Å². The molecule has 0 radical (unpaired) electrons. The first kappa shape index (κ1) is 32.7. The van der Waals surface area contributed by atoms with Crippen molar-refractivity contribution in [3.8, 4) is 28.4 Å². The molecular formula is C34H46ClN7O3Si. The van der Waals surface area contributed by atoms with Crippen molar-refractivity contribution in [1.29, 1.82) is 0 Å². The summed E-state index contributed by atoms with van der Waals surface area (Å²) < 4.78 is 20.8. The summed E-state index contributed by atoms with van der Waals surface area (Å²) in [5, 5.41) is 12.8. The van der Waals surface area contributed by atoms with Gasteiger partial charge in [-0.25, -0.2) is 9.97 Å². The Bertz CT molecular complexity index is 1720. The predicted octanol–water partition coefficient (Wildman–Crippen LogP) is 7.42. The lowest BCUT2D eigenvalue weighted by Crippen LogP contribution is -2.47. The molecule has 1 aliphatic heterocycles. The molecule has 1 fully saturated rings. The third-order valence-electron chi connectivity index (χ3n) is 9.58. The molecule has 0 spiro atoms. The molecule has 46 heavy (non-hydrogen) atoms. The molecule has 0 amide bonds. The van der Waals surface area contributed by atoms with Crippen LogP contribution in [0, 0.1) is 20.8 Å². The van der Waals surface area contributed by atoms with E-state index in [-0.39, 0.29) is 11.1 Å². The smallest absolute Gasteiger partial charge is 0.192 e. The van der Waals surface area contributed by atoms with Crippen molar-refractivity contribution in [3.63, 3.8) is 0 Å². The Kier molecular flexibility index (Phi) is 8.81. The van der Waals surface area contributed by atoms with Crippen LogP contribution in [0.2, 0.25) is 23.2 Å². The minimum atomic E-state index is -1.99. The maximum Gasteiger partial charge on any atom is 0.192 e. The van der Waals surface area contributed by atoms with Gasteiger partial charge in [0.25, 0.3) is 0 Å². The van der Waals surface area contributed by atoms with E-state index in [1.165, 1.54) is 24.1 Å². The summed E-state index contributed by atoms with van der Waals surface area (Å²) in [7, 11) is -0.0552. The van der Waals surface area contributed by atoms with Crippen molar-refractivity contribution >= 4 is 25.7 Å². The molecular weight excluding hydrogens is 618 g/mol. The monoisotopic (exact) mass is 663 g/mol. The van der Waals surface area contributed by atoms with E-state index in [0.29, 0.717) is 47.1 Å². The highest BCUT2D eigenvalue weighted by Gasteiger charge is 2.39. The largest absolute Gasteiger partial charge is 0.491 e. The first-order valence-corrected chi connectivity index (χ1v) is 19.4. The van der Waals surface area contributed by atoms with Gasteiger partial charge in [0.15, 0.2) is 14.1 Å². The first-order valence-electron chi connectivity index (χ1n) is 16.1. The molecule has 1 N–H and O–H groups in total. The van der Waals surface area contributed by atoms with E-state index in [0.717, 1.165) is 41.4 Å². The number of benzene rings is 1. The standard InChI is InChI=1S/C34H46ClN7O3Si/c1-20-31(30-21(2)40-44-22(30)3)38-32(39-33(20)41-17-23-15-37-42(24-10-11-24)29(23)18-41)27-14-25(12-13-28(27)35)43-19-26(16-36-7)45-46(8,9)34(4,5)6/h12-15,24,26,36H,10-11,16-19H2,1-9H3/t26-/m1/s1. The lowest BCUT2D eigenvalue weighted by Gasteiger charge is -2.39. The number of hydrogen-bond donors (Lipinski definition) is 1. The molecule has 0 unspecified atom stereocenters. The van der Waals surface area contributed by atoms with Crippen LogP contribution in [-0.4, -0.2) is 59.5 Å². The Labute approximate surface area is 278 Å². The van der Waals surface area contributed by atoms with E-state index in [2.05, 4.69) is 65.9 Å². The minimum absolute atomic E-state index is 0.0956. The van der Waals surface area contributed by atoms with E-state index >= 15 is 0 Å². The highest BCUT2D eigenvalue weighted by molar-refractivity contribution is 6.74. The van der Waals surface area contributed by atoms with Crippen LogP contribution in [-0.2, 0) is 17.5 Å². The summed E-state index contributed by atoms with van der Waals surface area (Å²) in [4.78, 5) is 12.6. The fourth-order valence-electron chi connectivity index (χ4n) is 5.86. The predicted molar refractivity (Wildman–Crippen MR) is 184 cm³/mol. The maximum absolute atomic E-state index is 6.87. The summed E-state index contributed by atoms with van der Waals surface area (Å²) in [6.45, 7) is 19.8. The number of aromatic nitrogens is 5. The van der Waals surface area contributed by atoms with Crippen LogP contribution in [0.3, 0.4) is 0 Å².